The standard InChI is InChI=1S/C16H26N4/c1-10(2)20-15(14(9-17)18-19-20)16-6-11-3-12(7-16)5-13(4-11)8-16/h10-13H,3-9,17H2,1-2H3. The van der Waals surface area contributed by atoms with Gasteiger partial charge in [-0.25, -0.2) is 4.68 Å². The third-order valence-electron chi connectivity index (χ3n) is 5.99. The van der Waals surface area contributed by atoms with Gasteiger partial charge in [0.05, 0.1) is 5.69 Å². The highest BCUT2D eigenvalue weighted by Crippen LogP contribution is 2.61. The Morgan fingerprint density at radius 1 is 1.15 bits per heavy atom. The van der Waals surface area contributed by atoms with Crippen LogP contribution in [0.5, 0.6) is 0 Å². The van der Waals surface area contributed by atoms with Crippen molar-refractivity contribution in [2.75, 3.05) is 0 Å². The van der Waals surface area contributed by atoms with Gasteiger partial charge in [0, 0.05) is 18.0 Å². The fraction of sp³-hybridized carbons (Fsp3) is 0.875. The van der Waals surface area contributed by atoms with Crippen LogP contribution in [0, 0.1) is 17.8 Å². The van der Waals surface area contributed by atoms with Gasteiger partial charge in [-0.1, -0.05) is 5.21 Å². The Morgan fingerprint density at radius 2 is 1.70 bits per heavy atom. The van der Waals surface area contributed by atoms with Crippen molar-refractivity contribution in [3.8, 4) is 0 Å². The van der Waals surface area contributed by atoms with Crippen LogP contribution in [-0.2, 0) is 12.0 Å². The molecule has 4 aliphatic carbocycles. The predicted octanol–water partition coefficient (Wildman–Crippen LogP) is 2.79. The van der Waals surface area contributed by atoms with E-state index in [0.29, 0.717) is 18.0 Å². The molecule has 4 nitrogen and oxygen atoms in total. The molecule has 0 radical (unpaired) electrons. The zero-order valence-electron chi connectivity index (χ0n) is 12.7. The minimum atomic E-state index is 0.344. The monoisotopic (exact) mass is 274 g/mol. The summed E-state index contributed by atoms with van der Waals surface area (Å²) in [6, 6.07) is 0.380. The van der Waals surface area contributed by atoms with E-state index in [2.05, 4.69) is 28.8 Å². The maximum atomic E-state index is 5.97. The van der Waals surface area contributed by atoms with Crippen LogP contribution in [0.15, 0.2) is 0 Å². The normalized spacial score (nSPS) is 38.9. The summed E-state index contributed by atoms with van der Waals surface area (Å²) in [6.07, 6.45) is 8.48. The SMILES string of the molecule is CC(C)n1nnc(CN)c1C12CC3CC(CC(C3)C1)C2. The molecule has 110 valence electrons. The maximum absolute atomic E-state index is 5.97. The van der Waals surface area contributed by atoms with Gasteiger partial charge in [0.15, 0.2) is 0 Å². The molecule has 4 saturated carbocycles. The third kappa shape index (κ3) is 1.70. The molecular weight excluding hydrogens is 248 g/mol. The van der Waals surface area contributed by atoms with Crippen LogP contribution in [-0.4, -0.2) is 15.0 Å². The van der Waals surface area contributed by atoms with Crippen molar-refractivity contribution in [3.05, 3.63) is 11.4 Å². The molecule has 5 rings (SSSR count). The molecule has 0 aliphatic heterocycles. The van der Waals surface area contributed by atoms with Gasteiger partial charge in [0.25, 0.3) is 0 Å². The number of nitrogens with zero attached hydrogens (tertiary/aromatic N) is 3. The van der Waals surface area contributed by atoms with Gasteiger partial charge < -0.3 is 5.73 Å². The van der Waals surface area contributed by atoms with E-state index in [9.17, 15) is 0 Å². The van der Waals surface area contributed by atoms with Gasteiger partial charge in [-0.05, 0) is 70.1 Å². The topological polar surface area (TPSA) is 56.7 Å². The van der Waals surface area contributed by atoms with E-state index in [1.807, 2.05) is 0 Å². The zero-order chi connectivity index (χ0) is 13.9. The van der Waals surface area contributed by atoms with Crippen LogP contribution in [0.4, 0.5) is 0 Å². The van der Waals surface area contributed by atoms with E-state index in [1.165, 1.54) is 44.2 Å². The summed E-state index contributed by atoms with van der Waals surface area (Å²) in [4.78, 5) is 0. The second-order valence-electron chi connectivity index (χ2n) is 7.83. The highest BCUT2D eigenvalue weighted by Gasteiger charge is 2.53. The highest BCUT2D eigenvalue weighted by molar-refractivity contribution is 5.27. The molecule has 0 aromatic carbocycles. The fourth-order valence-electron chi connectivity index (χ4n) is 5.78. The van der Waals surface area contributed by atoms with E-state index in [-0.39, 0.29) is 0 Å². The van der Waals surface area contributed by atoms with Crippen molar-refractivity contribution in [1.82, 2.24) is 15.0 Å². The summed E-state index contributed by atoms with van der Waals surface area (Å²) in [6.45, 7) is 4.95. The first-order valence-corrected chi connectivity index (χ1v) is 8.26. The second kappa shape index (κ2) is 4.30. The third-order valence-corrected chi connectivity index (χ3v) is 5.99. The van der Waals surface area contributed by atoms with Crippen molar-refractivity contribution in [3.63, 3.8) is 0 Å². The molecule has 4 heteroatoms. The van der Waals surface area contributed by atoms with Crippen LogP contribution in [0.25, 0.3) is 0 Å². The van der Waals surface area contributed by atoms with Crippen molar-refractivity contribution in [1.29, 1.82) is 0 Å². The predicted molar refractivity (Wildman–Crippen MR) is 78.1 cm³/mol. The summed E-state index contributed by atoms with van der Waals surface area (Å²) in [7, 11) is 0. The Hall–Kier alpha value is -0.900. The molecule has 0 saturated heterocycles. The molecule has 1 aromatic rings. The lowest BCUT2D eigenvalue weighted by Gasteiger charge is -2.57. The first-order valence-electron chi connectivity index (χ1n) is 8.26. The first kappa shape index (κ1) is 12.8. The van der Waals surface area contributed by atoms with Gasteiger partial charge >= 0.3 is 0 Å². The molecule has 0 atom stereocenters. The van der Waals surface area contributed by atoms with E-state index >= 15 is 0 Å². The van der Waals surface area contributed by atoms with E-state index in [1.54, 1.807) is 0 Å². The highest BCUT2D eigenvalue weighted by atomic mass is 15.4. The zero-order valence-corrected chi connectivity index (χ0v) is 12.7. The number of hydrogen-bond acceptors (Lipinski definition) is 3. The number of rotatable bonds is 3. The lowest BCUT2D eigenvalue weighted by Crippen LogP contribution is -2.50. The van der Waals surface area contributed by atoms with Crippen LogP contribution >= 0.6 is 0 Å². The molecule has 20 heavy (non-hydrogen) atoms. The van der Waals surface area contributed by atoms with Crippen molar-refractivity contribution >= 4 is 0 Å². The smallest absolute Gasteiger partial charge is 0.100 e. The molecule has 4 bridgehead atoms. The quantitative estimate of drug-likeness (QED) is 0.922. The maximum Gasteiger partial charge on any atom is 0.100 e. The summed E-state index contributed by atoms with van der Waals surface area (Å²) in [5.41, 5.74) is 8.77. The fourth-order valence-corrected chi connectivity index (χ4v) is 5.78. The van der Waals surface area contributed by atoms with Gasteiger partial charge in [-0.3, -0.25) is 0 Å². The van der Waals surface area contributed by atoms with Gasteiger partial charge in [0.2, 0.25) is 0 Å². The second-order valence-corrected chi connectivity index (χ2v) is 7.83. The van der Waals surface area contributed by atoms with Crippen LogP contribution in [0.2, 0.25) is 0 Å². The van der Waals surface area contributed by atoms with Crippen molar-refractivity contribution in [2.24, 2.45) is 23.5 Å². The van der Waals surface area contributed by atoms with Gasteiger partial charge in [-0.15, -0.1) is 5.10 Å². The molecule has 1 heterocycles. The molecule has 0 amide bonds. The summed E-state index contributed by atoms with van der Waals surface area (Å²) in [5, 5.41) is 8.83. The lowest BCUT2D eigenvalue weighted by atomic mass is 9.48. The molecule has 0 spiro atoms. The van der Waals surface area contributed by atoms with Crippen molar-refractivity contribution < 1.29 is 0 Å². The molecule has 4 fully saturated rings. The van der Waals surface area contributed by atoms with Crippen LogP contribution in [0.3, 0.4) is 0 Å². The Labute approximate surface area is 121 Å². The van der Waals surface area contributed by atoms with E-state index in [4.69, 9.17) is 5.73 Å². The van der Waals surface area contributed by atoms with E-state index < -0.39 is 0 Å². The largest absolute Gasteiger partial charge is 0.325 e. The minimum Gasteiger partial charge on any atom is -0.325 e. The number of nitrogens with two attached hydrogens (primary N) is 1. The Bertz CT molecular complexity index is 481. The average Bonchev–Trinajstić information content (AvgIpc) is 2.81. The Kier molecular flexibility index (Phi) is 2.75. The lowest BCUT2D eigenvalue weighted by molar-refractivity contribution is -0.0102. The molecule has 0 unspecified atom stereocenters. The molecule has 2 N–H and O–H groups in total. The number of hydrogen-bond donors (Lipinski definition) is 1. The molecule has 1 aromatic heterocycles. The minimum absolute atomic E-state index is 0.344. The van der Waals surface area contributed by atoms with Gasteiger partial charge in [-0.2, -0.15) is 0 Å². The summed E-state index contributed by atoms with van der Waals surface area (Å²) < 4.78 is 2.18. The Morgan fingerprint density at radius 3 is 2.15 bits per heavy atom. The molecular formula is C16H26N4. The van der Waals surface area contributed by atoms with Crippen molar-refractivity contribution in [2.45, 2.75) is 70.4 Å². The van der Waals surface area contributed by atoms with E-state index in [0.717, 1.165) is 23.4 Å². The Balaban J connectivity index is 1.82. The van der Waals surface area contributed by atoms with Crippen LogP contribution in [0.1, 0.15) is 69.8 Å². The number of aromatic nitrogens is 3. The first-order chi connectivity index (χ1) is 9.61. The summed E-state index contributed by atoms with van der Waals surface area (Å²) in [5.74, 6) is 2.84. The average molecular weight is 274 g/mol. The van der Waals surface area contributed by atoms with Gasteiger partial charge in [0.1, 0.15) is 5.69 Å². The molecule has 4 aliphatic rings. The van der Waals surface area contributed by atoms with Crippen LogP contribution < -0.4 is 5.73 Å². The summed E-state index contributed by atoms with van der Waals surface area (Å²) >= 11 is 0.